The van der Waals surface area contributed by atoms with Crippen molar-refractivity contribution < 1.29 is 28.7 Å². The lowest BCUT2D eigenvalue weighted by molar-refractivity contribution is -0.159. The molecular formula is C45H61N3O6. The molecule has 3 unspecified atom stereocenters. The molecule has 54 heavy (non-hydrogen) atoms. The van der Waals surface area contributed by atoms with E-state index >= 15 is 4.79 Å². The van der Waals surface area contributed by atoms with E-state index in [9.17, 15) is 14.4 Å². The molecule has 0 bridgehead atoms. The molecule has 3 aromatic carbocycles. The lowest BCUT2D eigenvalue weighted by Crippen LogP contribution is -2.55. The number of unbranched alkanes of at least 4 members (excludes halogenated alkanes) is 5. The van der Waals surface area contributed by atoms with Gasteiger partial charge in [-0.05, 0) is 76.3 Å². The minimum Gasteiger partial charge on any atom is -0.458 e. The number of hydrogen-bond acceptors (Lipinski definition) is 6. The van der Waals surface area contributed by atoms with Crippen LogP contribution in [0.5, 0.6) is 0 Å². The zero-order chi connectivity index (χ0) is 39.7. The Labute approximate surface area is 322 Å². The first kappa shape index (κ1) is 43.5. The van der Waals surface area contributed by atoms with E-state index in [1.807, 2.05) is 78.9 Å². The molecule has 0 saturated carbocycles. The van der Waals surface area contributed by atoms with Gasteiger partial charge in [0.15, 0.2) is 0 Å². The van der Waals surface area contributed by atoms with Crippen molar-refractivity contribution in [2.75, 3.05) is 6.54 Å². The van der Waals surface area contributed by atoms with Crippen molar-refractivity contribution in [1.29, 1.82) is 0 Å². The first-order chi connectivity index (χ1) is 25.6. The van der Waals surface area contributed by atoms with Gasteiger partial charge in [0.2, 0.25) is 11.8 Å². The molecule has 9 heteroatoms. The summed E-state index contributed by atoms with van der Waals surface area (Å²) in [4.78, 5) is 58.5. The van der Waals surface area contributed by atoms with Crippen molar-refractivity contribution >= 4 is 30.0 Å². The van der Waals surface area contributed by atoms with Gasteiger partial charge in [0.05, 0.1) is 0 Å². The molecule has 0 aliphatic rings. The second-order valence-electron chi connectivity index (χ2n) is 15.7. The third-order valence-corrected chi connectivity index (χ3v) is 8.62. The SMILES string of the molecule is C=Cc1cccc(C(C(=O)NC(Cc2ccccc2)C(=O)OC(C)(C)C)N(CCCCCCCC)C(=O)C(Cc2ccccc2)NC(=O)OC(C)(C)C)c1. The first-order valence-corrected chi connectivity index (χ1v) is 19.2. The zero-order valence-corrected chi connectivity index (χ0v) is 33.4. The number of nitrogens with one attached hydrogen (secondary N) is 2. The number of esters is 1. The summed E-state index contributed by atoms with van der Waals surface area (Å²) in [6, 6.07) is 22.9. The molecule has 0 heterocycles. The summed E-state index contributed by atoms with van der Waals surface area (Å²) in [5.74, 6) is -1.57. The van der Waals surface area contributed by atoms with Crippen LogP contribution in [0, 0.1) is 0 Å². The Bertz CT molecular complexity index is 1650. The Kier molecular flexibility index (Phi) is 17.0. The summed E-state index contributed by atoms with van der Waals surface area (Å²) >= 11 is 0. The summed E-state index contributed by atoms with van der Waals surface area (Å²) < 4.78 is 11.4. The van der Waals surface area contributed by atoms with Crippen LogP contribution in [0.1, 0.15) is 115 Å². The molecular weight excluding hydrogens is 679 g/mol. The maximum Gasteiger partial charge on any atom is 0.408 e. The third-order valence-electron chi connectivity index (χ3n) is 8.62. The topological polar surface area (TPSA) is 114 Å². The van der Waals surface area contributed by atoms with Crippen LogP contribution in [0.2, 0.25) is 0 Å². The number of nitrogens with zero attached hydrogens (tertiary/aromatic N) is 1. The predicted molar refractivity (Wildman–Crippen MR) is 216 cm³/mol. The molecule has 3 atom stereocenters. The fourth-order valence-electron chi connectivity index (χ4n) is 6.12. The van der Waals surface area contributed by atoms with Crippen LogP contribution >= 0.6 is 0 Å². The van der Waals surface area contributed by atoms with E-state index in [2.05, 4.69) is 24.1 Å². The van der Waals surface area contributed by atoms with Crippen molar-refractivity contribution in [1.82, 2.24) is 15.5 Å². The lowest BCUT2D eigenvalue weighted by atomic mass is 9.97. The van der Waals surface area contributed by atoms with E-state index in [4.69, 9.17) is 9.47 Å². The Morgan fingerprint density at radius 2 is 1.26 bits per heavy atom. The molecule has 292 valence electrons. The van der Waals surface area contributed by atoms with E-state index in [0.29, 0.717) is 12.0 Å². The number of alkyl carbamates (subject to hydrolysis) is 1. The fraction of sp³-hybridized carbons (Fsp3) is 0.467. The summed E-state index contributed by atoms with van der Waals surface area (Å²) in [5, 5.41) is 5.82. The molecule has 0 spiro atoms. The number of hydrogen-bond donors (Lipinski definition) is 2. The van der Waals surface area contributed by atoms with Crippen LogP contribution in [0.3, 0.4) is 0 Å². The summed E-state index contributed by atoms with van der Waals surface area (Å²) in [6.45, 7) is 16.9. The van der Waals surface area contributed by atoms with E-state index in [-0.39, 0.29) is 19.4 Å². The highest BCUT2D eigenvalue weighted by Gasteiger charge is 2.38. The van der Waals surface area contributed by atoms with Gasteiger partial charge in [0, 0.05) is 19.4 Å². The molecule has 0 saturated heterocycles. The number of carbonyl (C=O) groups is 4. The fourth-order valence-corrected chi connectivity index (χ4v) is 6.12. The first-order valence-electron chi connectivity index (χ1n) is 19.2. The smallest absolute Gasteiger partial charge is 0.408 e. The van der Waals surface area contributed by atoms with Gasteiger partial charge in [0.25, 0.3) is 0 Å². The third kappa shape index (κ3) is 15.2. The van der Waals surface area contributed by atoms with Gasteiger partial charge in [-0.2, -0.15) is 0 Å². The highest BCUT2D eigenvalue weighted by molar-refractivity contribution is 5.94. The lowest BCUT2D eigenvalue weighted by Gasteiger charge is -2.35. The predicted octanol–water partition coefficient (Wildman–Crippen LogP) is 8.77. The average Bonchev–Trinajstić information content (AvgIpc) is 3.11. The van der Waals surface area contributed by atoms with Crippen LogP contribution in [-0.2, 0) is 36.7 Å². The number of carbonyl (C=O) groups excluding carboxylic acids is 4. The Balaban J connectivity index is 2.14. The maximum atomic E-state index is 15.1. The largest absolute Gasteiger partial charge is 0.458 e. The van der Waals surface area contributed by atoms with Crippen molar-refractivity contribution in [2.45, 2.75) is 129 Å². The number of amides is 3. The number of rotatable bonds is 19. The normalized spacial score (nSPS) is 13.2. The minimum atomic E-state index is -1.16. The summed E-state index contributed by atoms with van der Waals surface area (Å²) in [5.41, 5.74) is 1.37. The monoisotopic (exact) mass is 739 g/mol. The van der Waals surface area contributed by atoms with Crippen LogP contribution in [0.15, 0.2) is 91.5 Å². The van der Waals surface area contributed by atoms with Gasteiger partial charge in [-0.1, -0.05) is 131 Å². The number of ether oxygens (including phenoxy) is 2. The van der Waals surface area contributed by atoms with Gasteiger partial charge in [0.1, 0.15) is 29.3 Å². The van der Waals surface area contributed by atoms with Crippen molar-refractivity contribution in [3.63, 3.8) is 0 Å². The minimum absolute atomic E-state index is 0.168. The Hall–Kier alpha value is -4.92. The van der Waals surface area contributed by atoms with Gasteiger partial charge in [-0.25, -0.2) is 9.59 Å². The molecule has 0 radical (unpaired) electrons. The molecule has 2 N–H and O–H groups in total. The highest BCUT2D eigenvalue weighted by atomic mass is 16.6. The van der Waals surface area contributed by atoms with E-state index in [0.717, 1.165) is 48.8 Å². The highest BCUT2D eigenvalue weighted by Crippen LogP contribution is 2.27. The van der Waals surface area contributed by atoms with E-state index in [1.165, 1.54) is 0 Å². The summed E-state index contributed by atoms with van der Waals surface area (Å²) in [7, 11) is 0. The molecule has 0 fully saturated rings. The molecule has 3 amide bonds. The second-order valence-corrected chi connectivity index (χ2v) is 15.7. The molecule has 3 aromatic rings. The van der Waals surface area contributed by atoms with Crippen LogP contribution in [0.4, 0.5) is 4.79 Å². The van der Waals surface area contributed by atoms with Gasteiger partial charge >= 0.3 is 12.1 Å². The zero-order valence-electron chi connectivity index (χ0n) is 33.4. The molecule has 0 aromatic heterocycles. The standard InChI is InChI=1S/C45H61N3O6/c1-9-11-12-13-14-21-29-48(41(50)37(31-34-23-17-15-18-24-34)47-43(52)54-45(6,7)8)39(36-28-22-27-33(10-2)30-36)40(49)46-38(42(51)53-44(3,4)5)32-35-25-19-16-20-26-35/h10,15-20,22-28,30,37-39H,2,9,11-14,21,29,31-32H2,1,3-8H3,(H,46,49)(H,47,52). The number of benzene rings is 3. The van der Waals surface area contributed by atoms with Crippen LogP contribution < -0.4 is 10.6 Å². The van der Waals surface area contributed by atoms with E-state index in [1.54, 1.807) is 58.6 Å². The van der Waals surface area contributed by atoms with E-state index < -0.39 is 53.2 Å². The van der Waals surface area contributed by atoms with Crippen molar-refractivity contribution in [2.24, 2.45) is 0 Å². The van der Waals surface area contributed by atoms with Gasteiger partial charge < -0.3 is 25.0 Å². The van der Waals surface area contributed by atoms with Crippen LogP contribution in [-0.4, -0.2) is 58.6 Å². The Morgan fingerprint density at radius 3 is 1.81 bits per heavy atom. The molecule has 3 rings (SSSR count). The second kappa shape index (κ2) is 21.1. The molecule has 0 aliphatic carbocycles. The van der Waals surface area contributed by atoms with Crippen molar-refractivity contribution in [3.05, 3.63) is 114 Å². The van der Waals surface area contributed by atoms with Gasteiger partial charge in [-0.15, -0.1) is 0 Å². The average molecular weight is 740 g/mol. The van der Waals surface area contributed by atoms with Gasteiger partial charge in [-0.3, -0.25) is 9.59 Å². The quantitative estimate of drug-likeness (QED) is 0.0939. The van der Waals surface area contributed by atoms with Crippen molar-refractivity contribution in [3.8, 4) is 0 Å². The maximum absolute atomic E-state index is 15.1. The summed E-state index contributed by atoms with van der Waals surface area (Å²) in [6.07, 6.45) is 7.06. The Morgan fingerprint density at radius 1 is 0.704 bits per heavy atom. The molecule has 0 aliphatic heterocycles. The molecule has 9 nitrogen and oxygen atoms in total. The van der Waals surface area contributed by atoms with Crippen LogP contribution in [0.25, 0.3) is 6.08 Å².